The van der Waals surface area contributed by atoms with Gasteiger partial charge in [-0.1, -0.05) is 0 Å². The molecule has 1 aliphatic rings. The van der Waals surface area contributed by atoms with Gasteiger partial charge in [0.1, 0.15) is 11.5 Å². The predicted octanol–water partition coefficient (Wildman–Crippen LogP) is 2.06. The number of carbonyl (C=O) groups excluding carboxylic acids is 1. The number of hydrogen-bond donors (Lipinski definition) is 1. The summed E-state index contributed by atoms with van der Waals surface area (Å²) in [7, 11) is 3.25. The Morgan fingerprint density at radius 2 is 2.10 bits per heavy atom. The first-order chi connectivity index (χ1) is 14.1. The van der Waals surface area contributed by atoms with Gasteiger partial charge in [-0.15, -0.1) is 0 Å². The molecule has 1 unspecified atom stereocenters. The fourth-order valence-electron chi connectivity index (χ4n) is 3.73. The van der Waals surface area contributed by atoms with Crippen molar-refractivity contribution in [3.05, 3.63) is 47.8 Å². The summed E-state index contributed by atoms with van der Waals surface area (Å²) < 4.78 is 12.5. The summed E-state index contributed by atoms with van der Waals surface area (Å²) >= 11 is 0. The monoisotopic (exact) mass is 395 g/mol. The number of ether oxygens (including phenoxy) is 2. The van der Waals surface area contributed by atoms with Crippen molar-refractivity contribution in [2.75, 3.05) is 27.3 Å². The van der Waals surface area contributed by atoms with Crippen molar-refractivity contribution in [1.82, 2.24) is 19.7 Å². The summed E-state index contributed by atoms with van der Waals surface area (Å²) in [4.78, 5) is 19.1. The first-order valence-electron chi connectivity index (χ1n) is 9.66. The first kappa shape index (κ1) is 19.2. The van der Waals surface area contributed by atoms with Crippen molar-refractivity contribution in [2.24, 2.45) is 5.73 Å². The van der Waals surface area contributed by atoms with Crippen LogP contribution in [0, 0.1) is 0 Å². The van der Waals surface area contributed by atoms with Gasteiger partial charge in [-0.05, 0) is 31.0 Å². The van der Waals surface area contributed by atoms with E-state index in [4.69, 9.17) is 15.2 Å². The van der Waals surface area contributed by atoms with Crippen LogP contribution in [-0.4, -0.2) is 58.9 Å². The van der Waals surface area contributed by atoms with Crippen molar-refractivity contribution in [1.29, 1.82) is 0 Å². The highest BCUT2D eigenvalue weighted by Gasteiger charge is 2.23. The predicted molar refractivity (Wildman–Crippen MR) is 109 cm³/mol. The van der Waals surface area contributed by atoms with E-state index in [2.05, 4.69) is 10.1 Å². The summed E-state index contributed by atoms with van der Waals surface area (Å²) in [6.45, 7) is 1.83. The number of hydrogen-bond acceptors (Lipinski definition) is 6. The summed E-state index contributed by atoms with van der Waals surface area (Å²) in [5.74, 6) is 1.43. The van der Waals surface area contributed by atoms with Gasteiger partial charge in [0.2, 0.25) is 0 Å². The van der Waals surface area contributed by atoms with E-state index >= 15 is 0 Å². The first-order valence-corrected chi connectivity index (χ1v) is 9.66. The molecule has 0 bridgehead atoms. The maximum absolute atomic E-state index is 12.8. The van der Waals surface area contributed by atoms with Gasteiger partial charge in [-0.2, -0.15) is 5.10 Å². The summed E-state index contributed by atoms with van der Waals surface area (Å²) in [6, 6.07) is 7.57. The molecule has 0 radical (unpaired) electrons. The molecule has 1 aromatic carbocycles. The normalized spacial score (nSPS) is 16.8. The van der Waals surface area contributed by atoms with Gasteiger partial charge < -0.3 is 20.1 Å². The molecule has 0 spiro atoms. The van der Waals surface area contributed by atoms with Gasteiger partial charge in [0.15, 0.2) is 5.65 Å². The Morgan fingerprint density at radius 3 is 2.86 bits per heavy atom. The zero-order chi connectivity index (χ0) is 20.4. The largest absolute Gasteiger partial charge is 0.497 e. The molecule has 1 aliphatic heterocycles. The third kappa shape index (κ3) is 3.88. The average molecular weight is 395 g/mol. The lowest BCUT2D eigenvalue weighted by molar-refractivity contribution is 0.0708. The minimum absolute atomic E-state index is 0.0286. The van der Waals surface area contributed by atoms with Gasteiger partial charge in [0.25, 0.3) is 5.91 Å². The number of benzene rings is 1. The number of methoxy groups -OCH3 is 2. The minimum atomic E-state index is -0.0286. The second-order valence-corrected chi connectivity index (χ2v) is 7.27. The molecule has 2 aromatic heterocycles. The lowest BCUT2D eigenvalue weighted by Crippen LogP contribution is -2.45. The molecule has 8 heteroatoms. The number of fused-ring (bicyclic) bond motifs is 1. The number of nitrogens with two attached hydrogens (primary N) is 1. The van der Waals surface area contributed by atoms with Crippen LogP contribution in [0.5, 0.6) is 11.5 Å². The van der Waals surface area contributed by atoms with Gasteiger partial charge in [0, 0.05) is 42.3 Å². The molecule has 1 atom stereocenters. The molecule has 29 heavy (non-hydrogen) atoms. The Kier molecular flexibility index (Phi) is 5.35. The lowest BCUT2D eigenvalue weighted by Gasteiger charge is -2.30. The van der Waals surface area contributed by atoms with Gasteiger partial charge in [-0.3, -0.25) is 4.79 Å². The number of nitrogens with zero attached hydrogens (tertiary/aromatic N) is 4. The number of pyridine rings is 1. The molecule has 1 saturated heterocycles. The number of likely N-dealkylation sites (tertiary alicyclic amines) is 1. The molecule has 152 valence electrons. The van der Waals surface area contributed by atoms with Crippen LogP contribution in [0.15, 0.2) is 36.7 Å². The lowest BCUT2D eigenvalue weighted by atomic mass is 10.1. The molecule has 1 fully saturated rings. The van der Waals surface area contributed by atoms with E-state index < -0.39 is 0 Å². The fourth-order valence-corrected chi connectivity index (χ4v) is 3.73. The highest BCUT2D eigenvalue weighted by molar-refractivity contribution is 5.96. The Balaban J connectivity index is 1.58. The van der Waals surface area contributed by atoms with E-state index in [0.717, 1.165) is 47.5 Å². The van der Waals surface area contributed by atoms with E-state index in [1.165, 1.54) is 0 Å². The summed E-state index contributed by atoms with van der Waals surface area (Å²) in [6.07, 6.45) is 5.25. The molecule has 1 amide bonds. The van der Waals surface area contributed by atoms with Crippen LogP contribution in [0.2, 0.25) is 0 Å². The van der Waals surface area contributed by atoms with Crippen molar-refractivity contribution < 1.29 is 14.3 Å². The quantitative estimate of drug-likeness (QED) is 0.710. The van der Waals surface area contributed by atoms with E-state index in [9.17, 15) is 4.79 Å². The zero-order valence-electron chi connectivity index (χ0n) is 16.7. The molecule has 3 heterocycles. The maximum atomic E-state index is 12.8. The van der Waals surface area contributed by atoms with Crippen LogP contribution in [0.25, 0.3) is 11.0 Å². The number of rotatable bonds is 5. The number of amides is 1. The van der Waals surface area contributed by atoms with E-state index in [1.54, 1.807) is 31.3 Å². The smallest absolute Gasteiger partial charge is 0.255 e. The fraction of sp³-hybridized carbons (Fsp3) is 0.381. The van der Waals surface area contributed by atoms with Gasteiger partial charge in [0.05, 0.1) is 32.5 Å². The summed E-state index contributed by atoms with van der Waals surface area (Å²) in [5.41, 5.74) is 8.25. The molecular formula is C21H25N5O3. The van der Waals surface area contributed by atoms with Crippen LogP contribution in [-0.2, 0) is 6.54 Å². The molecule has 3 aromatic rings. The molecule has 8 nitrogen and oxygen atoms in total. The second kappa shape index (κ2) is 8.08. The molecule has 0 aliphatic carbocycles. The van der Waals surface area contributed by atoms with Crippen LogP contribution < -0.4 is 15.2 Å². The molecule has 2 N–H and O–H groups in total. The third-order valence-electron chi connectivity index (χ3n) is 5.28. The van der Waals surface area contributed by atoms with Crippen LogP contribution in [0.3, 0.4) is 0 Å². The number of aromatic nitrogens is 3. The SMILES string of the molecule is COc1ccc(Cn2ncc3cc(C(=O)N4CCCC(N)C4)cnc32)c(OC)c1. The minimum Gasteiger partial charge on any atom is -0.497 e. The number of piperidine rings is 1. The highest BCUT2D eigenvalue weighted by Crippen LogP contribution is 2.26. The molecule has 4 rings (SSSR count). The van der Waals surface area contributed by atoms with Crippen LogP contribution in [0.1, 0.15) is 28.8 Å². The van der Waals surface area contributed by atoms with E-state index in [-0.39, 0.29) is 11.9 Å². The summed E-state index contributed by atoms with van der Waals surface area (Å²) in [5, 5.41) is 5.28. The molecular weight excluding hydrogens is 370 g/mol. The topological polar surface area (TPSA) is 95.5 Å². The maximum Gasteiger partial charge on any atom is 0.255 e. The Bertz CT molecular complexity index is 1030. The van der Waals surface area contributed by atoms with Crippen molar-refractivity contribution in [3.63, 3.8) is 0 Å². The van der Waals surface area contributed by atoms with E-state index in [0.29, 0.717) is 18.7 Å². The van der Waals surface area contributed by atoms with Gasteiger partial charge in [-0.25, -0.2) is 9.67 Å². The third-order valence-corrected chi connectivity index (χ3v) is 5.28. The van der Waals surface area contributed by atoms with Crippen LogP contribution in [0.4, 0.5) is 0 Å². The Hall–Kier alpha value is -3.13. The van der Waals surface area contributed by atoms with E-state index in [1.807, 2.05) is 29.2 Å². The standard InChI is InChI=1S/C21H25N5O3/c1-28-18-6-5-14(19(9-18)29-2)12-26-20-15(11-24-26)8-16(10-23-20)21(27)25-7-3-4-17(22)13-25/h5-6,8-11,17H,3-4,7,12-13,22H2,1-2H3. The van der Waals surface area contributed by atoms with Crippen molar-refractivity contribution in [2.45, 2.75) is 25.4 Å². The van der Waals surface area contributed by atoms with Crippen molar-refractivity contribution >= 4 is 16.9 Å². The number of carbonyl (C=O) groups is 1. The highest BCUT2D eigenvalue weighted by atomic mass is 16.5. The molecule has 0 saturated carbocycles. The second-order valence-electron chi connectivity index (χ2n) is 7.27. The van der Waals surface area contributed by atoms with Gasteiger partial charge >= 0.3 is 0 Å². The van der Waals surface area contributed by atoms with Crippen LogP contribution >= 0.6 is 0 Å². The van der Waals surface area contributed by atoms with Crippen molar-refractivity contribution in [3.8, 4) is 11.5 Å². The zero-order valence-corrected chi connectivity index (χ0v) is 16.7. The Morgan fingerprint density at radius 1 is 1.24 bits per heavy atom. The Labute approximate surface area is 169 Å². The average Bonchev–Trinajstić information content (AvgIpc) is 3.15.